The van der Waals surface area contributed by atoms with E-state index in [1.165, 1.54) is 0 Å². The average molecular weight is 227 g/mol. The zero-order valence-electron chi connectivity index (χ0n) is 9.78. The fourth-order valence-corrected chi connectivity index (χ4v) is 2.18. The van der Waals surface area contributed by atoms with Crippen LogP contribution >= 0.6 is 0 Å². The lowest BCUT2D eigenvalue weighted by Crippen LogP contribution is -2.44. The Hall–Kier alpha value is -0.810. The smallest absolute Gasteiger partial charge is 0.317 e. The Labute approximate surface area is 96.7 Å². The quantitative estimate of drug-likeness (QED) is 0.745. The molecule has 2 saturated heterocycles. The zero-order valence-corrected chi connectivity index (χ0v) is 9.78. The van der Waals surface area contributed by atoms with E-state index in [9.17, 15) is 4.79 Å². The standard InChI is InChI=1S/C11H21N3O2/c15-11(14-4-1-2-5-14)12-3-6-13-7-9-16-10-8-13/h1-10H2,(H,12,15). The van der Waals surface area contributed by atoms with E-state index in [1.807, 2.05) is 4.90 Å². The Bertz CT molecular complexity index is 223. The number of carbonyl (C=O) groups excluding carboxylic acids is 1. The molecule has 0 spiro atoms. The molecule has 5 nitrogen and oxygen atoms in total. The highest BCUT2D eigenvalue weighted by Crippen LogP contribution is 2.06. The Morgan fingerprint density at radius 2 is 1.81 bits per heavy atom. The van der Waals surface area contributed by atoms with Gasteiger partial charge in [-0.3, -0.25) is 4.90 Å². The fourth-order valence-electron chi connectivity index (χ4n) is 2.18. The molecule has 0 aromatic carbocycles. The molecule has 0 aromatic rings. The number of likely N-dealkylation sites (tertiary alicyclic amines) is 1. The SMILES string of the molecule is O=C(NCCN1CCOCC1)N1CCCC1. The Morgan fingerprint density at radius 3 is 2.50 bits per heavy atom. The number of hydrogen-bond acceptors (Lipinski definition) is 3. The van der Waals surface area contributed by atoms with Crippen LogP contribution in [0.4, 0.5) is 4.79 Å². The van der Waals surface area contributed by atoms with Crippen molar-refractivity contribution in [1.29, 1.82) is 0 Å². The van der Waals surface area contributed by atoms with Gasteiger partial charge in [0.2, 0.25) is 0 Å². The van der Waals surface area contributed by atoms with Crippen molar-refractivity contribution in [2.24, 2.45) is 0 Å². The summed E-state index contributed by atoms with van der Waals surface area (Å²) < 4.78 is 5.27. The molecule has 2 fully saturated rings. The maximum absolute atomic E-state index is 11.7. The lowest BCUT2D eigenvalue weighted by molar-refractivity contribution is 0.0386. The normalized spacial score (nSPS) is 22.4. The van der Waals surface area contributed by atoms with Crippen LogP contribution in [-0.4, -0.2) is 68.3 Å². The number of morpholine rings is 1. The molecule has 0 atom stereocenters. The van der Waals surface area contributed by atoms with E-state index in [0.717, 1.165) is 65.3 Å². The van der Waals surface area contributed by atoms with Crippen molar-refractivity contribution in [3.8, 4) is 0 Å². The molecule has 1 N–H and O–H groups in total. The number of nitrogens with zero attached hydrogens (tertiary/aromatic N) is 2. The molecule has 0 aromatic heterocycles. The van der Waals surface area contributed by atoms with Crippen LogP contribution in [0.3, 0.4) is 0 Å². The van der Waals surface area contributed by atoms with Gasteiger partial charge in [-0.25, -0.2) is 4.79 Å². The van der Waals surface area contributed by atoms with Gasteiger partial charge in [0.15, 0.2) is 0 Å². The van der Waals surface area contributed by atoms with E-state index in [-0.39, 0.29) is 6.03 Å². The van der Waals surface area contributed by atoms with Crippen molar-refractivity contribution >= 4 is 6.03 Å². The summed E-state index contributed by atoms with van der Waals surface area (Å²) in [4.78, 5) is 15.9. The monoisotopic (exact) mass is 227 g/mol. The third kappa shape index (κ3) is 3.35. The van der Waals surface area contributed by atoms with Crippen LogP contribution in [0.25, 0.3) is 0 Å². The second-order valence-corrected chi connectivity index (χ2v) is 4.38. The molecule has 16 heavy (non-hydrogen) atoms. The lowest BCUT2D eigenvalue weighted by Gasteiger charge is -2.26. The van der Waals surface area contributed by atoms with Crippen LogP contribution in [0, 0.1) is 0 Å². The molecule has 0 radical (unpaired) electrons. The van der Waals surface area contributed by atoms with Crippen molar-refractivity contribution in [1.82, 2.24) is 15.1 Å². The van der Waals surface area contributed by atoms with E-state index in [0.29, 0.717) is 0 Å². The van der Waals surface area contributed by atoms with E-state index in [4.69, 9.17) is 4.74 Å². The Morgan fingerprint density at radius 1 is 1.12 bits per heavy atom. The van der Waals surface area contributed by atoms with Crippen molar-refractivity contribution in [2.45, 2.75) is 12.8 Å². The van der Waals surface area contributed by atoms with Gasteiger partial charge in [0, 0.05) is 39.3 Å². The summed E-state index contributed by atoms with van der Waals surface area (Å²) in [6, 6.07) is 0.103. The first kappa shape index (κ1) is 11.7. The summed E-state index contributed by atoms with van der Waals surface area (Å²) in [6.07, 6.45) is 2.30. The van der Waals surface area contributed by atoms with Gasteiger partial charge < -0.3 is 15.0 Å². The minimum Gasteiger partial charge on any atom is -0.379 e. The number of rotatable bonds is 3. The topological polar surface area (TPSA) is 44.8 Å². The summed E-state index contributed by atoms with van der Waals surface area (Å²) in [5.74, 6) is 0. The fraction of sp³-hybridized carbons (Fsp3) is 0.909. The molecule has 0 unspecified atom stereocenters. The predicted molar refractivity (Wildman–Crippen MR) is 61.5 cm³/mol. The van der Waals surface area contributed by atoms with Crippen molar-refractivity contribution in [3.63, 3.8) is 0 Å². The number of amides is 2. The van der Waals surface area contributed by atoms with Crippen molar-refractivity contribution < 1.29 is 9.53 Å². The molecular formula is C11H21N3O2. The van der Waals surface area contributed by atoms with Crippen LogP contribution in [0.15, 0.2) is 0 Å². The van der Waals surface area contributed by atoms with Gasteiger partial charge in [0.1, 0.15) is 0 Å². The summed E-state index contributed by atoms with van der Waals surface area (Å²) in [5, 5.41) is 2.98. The summed E-state index contributed by atoms with van der Waals surface area (Å²) in [7, 11) is 0. The molecule has 92 valence electrons. The molecule has 0 aliphatic carbocycles. The van der Waals surface area contributed by atoms with E-state index >= 15 is 0 Å². The van der Waals surface area contributed by atoms with E-state index in [1.54, 1.807) is 0 Å². The van der Waals surface area contributed by atoms with E-state index in [2.05, 4.69) is 10.2 Å². The molecule has 0 bridgehead atoms. The maximum Gasteiger partial charge on any atom is 0.317 e. The van der Waals surface area contributed by atoms with Crippen LogP contribution in [0.1, 0.15) is 12.8 Å². The van der Waals surface area contributed by atoms with Crippen molar-refractivity contribution in [3.05, 3.63) is 0 Å². The molecular weight excluding hydrogens is 206 g/mol. The van der Waals surface area contributed by atoms with Crippen molar-refractivity contribution in [2.75, 3.05) is 52.5 Å². The van der Waals surface area contributed by atoms with Gasteiger partial charge in [-0.2, -0.15) is 0 Å². The molecule has 0 saturated carbocycles. The van der Waals surface area contributed by atoms with Crippen LogP contribution in [-0.2, 0) is 4.74 Å². The first-order valence-electron chi connectivity index (χ1n) is 6.19. The number of urea groups is 1. The van der Waals surface area contributed by atoms with Gasteiger partial charge >= 0.3 is 6.03 Å². The summed E-state index contributed by atoms with van der Waals surface area (Å²) in [5.41, 5.74) is 0. The largest absolute Gasteiger partial charge is 0.379 e. The van der Waals surface area contributed by atoms with Gasteiger partial charge in [-0.15, -0.1) is 0 Å². The minimum atomic E-state index is 0.103. The average Bonchev–Trinajstić information content (AvgIpc) is 2.84. The van der Waals surface area contributed by atoms with Gasteiger partial charge in [0.25, 0.3) is 0 Å². The second-order valence-electron chi connectivity index (χ2n) is 4.38. The molecule has 2 heterocycles. The third-order valence-corrected chi connectivity index (χ3v) is 3.20. The molecule has 2 rings (SSSR count). The van der Waals surface area contributed by atoms with Crippen LogP contribution in [0.5, 0.6) is 0 Å². The summed E-state index contributed by atoms with van der Waals surface area (Å²) >= 11 is 0. The second kappa shape index (κ2) is 6.06. The number of carbonyl (C=O) groups is 1. The highest BCUT2D eigenvalue weighted by Gasteiger charge is 2.17. The first-order valence-corrected chi connectivity index (χ1v) is 6.19. The van der Waals surface area contributed by atoms with E-state index < -0.39 is 0 Å². The zero-order chi connectivity index (χ0) is 11.2. The van der Waals surface area contributed by atoms with Gasteiger partial charge in [0.05, 0.1) is 13.2 Å². The molecule has 2 amide bonds. The first-order chi connectivity index (χ1) is 7.86. The highest BCUT2D eigenvalue weighted by atomic mass is 16.5. The predicted octanol–water partition coefficient (Wildman–Crippen LogP) is 0.124. The molecule has 2 aliphatic rings. The van der Waals surface area contributed by atoms with Gasteiger partial charge in [-0.1, -0.05) is 0 Å². The van der Waals surface area contributed by atoms with Gasteiger partial charge in [-0.05, 0) is 12.8 Å². The maximum atomic E-state index is 11.7. The molecule has 5 heteroatoms. The lowest BCUT2D eigenvalue weighted by atomic mass is 10.4. The number of hydrogen-bond donors (Lipinski definition) is 1. The Kier molecular flexibility index (Phi) is 4.42. The minimum absolute atomic E-state index is 0.103. The number of ether oxygens (including phenoxy) is 1. The highest BCUT2D eigenvalue weighted by molar-refractivity contribution is 5.74. The summed E-state index contributed by atoms with van der Waals surface area (Å²) in [6.45, 7) is 7.13. The Balaban J connectivity index is 1.57. The molecule has 2 aliphatic heterocycles. The number of nitrogens with one attached hydrogen (secondary N) is 1. The van der Waals surface area contributed by atoms with Crippen LogP contribution in [0.2, 0.25) is 0 Å². The van der Waals surface area contributed by atoms with Crippen LogP contribution < -0.4 is 5.32 Å². The third-order valence-electron chi connectivity index (χ3n) is 3.20.